The Balaban J connectivity index is 2.44. The number of aromatic nitrogens is 1. The summed E-state index contributed by atoms with van der Waals surface area (Å²) in [6.45, 7) is 1.88. The average Bonchev–Trinajstić information content (AvgIpc) is 2.37. The predicted molar refractivity (Wildman–Crippen MR) is 69.6 cm³/mol. The minimum absolute atomic E-state index is 0.234. The van der Waals surface area contributed by atoms with Crippen molar-refractivity contribution in [2.24, 2.45) is 5.73 Å². The SMILES string of the molecule is CN(CCCCCO)C(CN)c1cccnc1. The van der Waals surface area contributed by atoms with Gasteiger partial charge < -0.3 is 10.8 Å². The second-order valence-electron chi connectivity index (χ2n) is 4.30. The number of aliphatic hydroxyl groups is 1. The van der Waals surface area contributed by atoms with E-state index in [1.165, 1.54) is 5.56 Å². The van der Waals surface area contributed by atoms with Crippen LogP contribution in [0.2, 0.25) is 0 Å². The van der Waals surface area contributed by atoms with Crippen molar-refractivity contribution in [2.75, 3.05) is 26.7 Å². The second-order valence-corrected chi connectivity index (χ2v) is 4.30. The lowest BCUT2D eigenvalue weighted by molar-refractivity contribution is 0.236. The Morgan fingerprint density at radius 2 is 2.24 bits per heavy atom. The zero-order valence-electron chi connectivity index (χ0n) is 10.5. The molecule has 0 fully saturated rings. The molecule has 1 rings (SSSR count). The van der Waals surface area contributed by atoms with E-state index in [9.17, 15) is 0 Å². The summed E-state index contributed by atoms with van der Waals surface area (Å²) >= 11 is 0. The van der Waals surface area contributed by atoms with Gasteiger partial charge in [0.2, 0.25) is 0 Å². The molecule has 0 aromatic carbocycles. The molecule has 96 valence electrons. The Morgan fingerprint density at radius 1 is 1.41 bits per heavy atom. The van der Waals surface area contributed by atoms with Crippen LogP contribution in [0.15, 0.2) is 24.5 Å². The van der Waals surface area contributed by atoms with E-state index in [1.807, 2.05) is 12.3 Å². The molecule has 0 amide bonds. The van der Waals surface area contributed by atoms with Gasteiger partial charge in [0, 0.05) is 31.6 Å². The van der Waals surface area contributed by atoms with Crippen molar-refractivity contribution >= 4 is 0 Å². The number of nitrogens with two attached hydrogens (primary N) is 1. The van der Waals surface area contributed by atoms with Crippen molar-refractivity contribution in [1.29, 1.82) is 0 Å². The summed E-state index contributed by atoms with van der Waals surface area (Å²) in [6.07, 6.45) is 6.69. The highest BCUT2D eigenvalue weighted by molar-refractivity contribution is 5.14. The van der Waals surface area contributed by atoms with E-state index in [1.54, 1.807) is 6.20 Å². The van der Waals surface area contributed by atoms with Gasteiger partial charge in [-0.3, -0.25) is 9.88 Å². The maximum atomic E-state index is 8.72. The topological polar surface area (TPSA) is 62.4 Å². The number of nitrogens with zero attached hydrogens (tertiary/aromatic N) is 2. The van der Waals surface area contributed by atoms with Gasteiger partial charge in [0.1, 0.15) is 0 Å². The van der Waals surface area contributed by atoms with E-state index >= 15 is 0 Å². The van der Waals surface area contributed by atoms with Crippen molar-refractivity contribution in [1.82, 2.24) is 9.88 Å². The fraction of sp³-hybridized carbons (Fsp3) is 0.615. The van der Waals surface area contributed by atoms with Crippen LogP contribution in [0.25, 0.3) is 0 Å². The van der Waals surface area contributed by atoms with Crippen LogP contribution in [-0.2, 0) is 0 Å². The third kappa shape index (κ3) is 4.81. The maximum absolute atomic E-state index is 8.72. The molecule has 0 aliphatic carbocycles. The minimum Gasteiger partial charge on any atom is -0.396 e. The summed E-state index contributed by atoms with van der Waals surface area (Å²) in [5.41, 5.74) is 6.99. The molecule has 17 heavy (non-hydrogen) atoms. The highest BCUT2D eigenvalue weighted by atomic mass is 16.2. The van der Waals surface area contributed by atoms with Crippen LogP contribution in [0.1, 0.15) is 30.9 Å². The van der Waals surface area contributed by atoms with Crippen LogP contribution >= 0.6 is 0 Å². The lowest BCUT2D eigenvalue weighted by atomic mass is 10.1. The third-order valence-electron chi connectivity index (χ3n) is 2.99. The molecule has 0 aliphatic rings. The van der Waals surface area contributed by atoms with Crippen LogP contribution in [0, 0.1) is 0 Å². The molecule has 0 bridgehead atoms. The smallest absolute Gasteiger partial charge is 0.0482 e. The van der Waals surface area contributed by atoms with Crippen molar-refractivity contribution in [3.05, 3.63) is 30.1 Å². The lowest BCUT2D eigenvalue weighted by Crippen LogP contribution is -2.31. The Labute approximate surface area is 103 Å². The van der Waals surface area contributed by atoms with Crippen molar-refractivity contribution < 1.29 is 5.11 Å². The molecular formula is C13H23N3O. The molecule has 0 saturated heterocycles. The van der Waals surface area contributed by atoms with Crippen LogP contribution in [0.4, 0.5) is 0 Å². The van der Waals surface area contributed by atoms with E-state index < -0.39 is 0 Å². The molecule has 1 aromatic rings. The molecule has 4 heteroatoms. The maximum Gasteiger partial charge on any atom is 0.0482 e. The predicted octanol–water partition coefficient (Wildman–Crippen LogP) is 1.18. The fourth-order valence-corrected chi connectivity index (χ4v) is 1.95. The first-order valence-corrected chi connectivity index (χ1v) is 6.20. The zero-order chi connectivity index (χ0) is 12.5. The van der Waals surface area contributed by atoms with Crippen LogP contribution in [0.3, 0.4) is 0 Å². The van der Waals surface area contributed by atoms with Gasteiger partial charge in [0.05, 0.1) is 0 Å². The second kappa shape index (κ2) is 8.17. The Morgan fingerprint density at radius 3 is 2.82 bits per heavy atom. The van der Waals surface area contributed by atoms with Gasteiger partial charge in [-0.05, 0) is 44.5 Å². The zero-order valence-corrected chi connectivity index (χ0v) is 10.5. The Kier molecular flexibility index (Phi) is 6.77. The monoisotopic (exact) mass is 237 g/mol. The normalized spacial score (nSPS) is 12.9. The molecule has 0 spiro atoms. The van der Waals surface area contributed by atoms with E-state index in [0.29, 0.717) is 6.54 Å². The molecule has 0 aliphatic heterocycles. The van der Waals surface area contributed by atoms with Crippen molar-refractivity contribution in [3.8, 4) is 0 Å². The summed E-state index contributed by atoms with van der Waals surface area (Å²) in [5, 5.41) is 8.72. The van der Waals surface area contributed by atoms with Gasteiger partial charge in [0.25, 0.3) is 0 Å². The van der Waals surface area contributed by atoms with Crippen molar-refractivity contribution in [2.45, 2.75) is 25.3 Å². The van der Waals surface area contributed by atoms with E-state index in [4.69, 9.17) is 10.8 Å². The largest absolute Gasteiger partial charge is 0.396 e. The molecule has 1 aromatic heterocycles. The van der Waals surface area contributed by atoms with E-state index in [-0.39, 0.29) is 12.6 Å². The van der Waals surface area contributed by atoms with Crippen LogP contribution in [-0.4, -0.2) is 41.7 Å². The summed E-state index contributed by atoms with van der Waals surface area (Å²) in [6, 6.07) is 4.24. The third-order valence-corrected chi connectivity index (χ3v) is 2.99. The fourth-order valence-electron chi connectivity index (χ4n) is 1.95. The number of pyridine rings is 1. The molecular weight excluding hydrogens is 214 g/mol. The van der Waals surface area contributed by atoms with Gasteiger partial charge in [-0.2, -0.15) is 0 Å². The highest BCUT2D eigenvalue weighted by Gasteiger charge is 2.14. The summed E-state index contributed by atoms with van der Waals surface area (Å²) < 4.78 is 0. The Hall–Kier alpha value is -0.970. The van der Waals surface area contributed by atoms with E-state index in [2.05, 4.69) is 23.0 Å². The van der Waals surface area contributed by atoms with Gasteiger partial charge in [-0.15, -0.1) is 0 Å². The molecule has 1 heterocycles. The molecule has 1 unspecified atom stereocenters. The average molecular weight is 237 g/mol. The first-order valence-electron chi connectivity index (χ1n) is 6.20. The molecule has 0 saturated carbocycles. The molecule has 3 N–H and O–H groups in total. The molecule has 0 radical (unpaired) electrons. The molecule has 1 atom stereocenters. The standard InChI is InChI=1S/C13H23N3O/c1-16(8-3-2-4-9-17)13(10-14)12-6-5-7-15-11-12/h5-7,11,13,17H,2-4,8-10,14H2,1H3. The number of unbranched alkanes of at least 4 members (excludes halogenated alkanes) is 2. The van der Waals surface area contributed by atoms with Gasteiger partial charge in [-0.1, -0.05) is 6.07 Å². The quantitative estimate of drug-likeness (QED) is 0.666. The van der Waals surface area contributed by atoms with Gasteiger partial charge >= 0.3 is 0 Å². The van der Waals surface area contributed by atoms with Gasteiger partial charge in [0.15, 0.2) is 0 Å². The first kappa shape index (κ1) is 14.1. The van der Waals surface area contributed by atoms with Crippen LogP contribution in [0.5, 0.6) is 0 Å². The van der Waals surface area contributed by atoms with Crippen LogP contribution < -0.4 is 5.73 Å². The number of hydrogen-bond acceptors (Lipinski definition) is 4. The van der Waals surface area contributed by atoms with Gasteiger partial charge in [-0.25, -0.2) is 0 Å². The number of rotatable bonds is 8. The molecule has 4 nitrogen and oxygen atoms in total. The minimum atomic E-state index is 0.234. The number of likely N-dealkylation sites (N-methyl/N-ethyl adjacent to an activating group) is 1. The number of aliphatic hydroxyl groups excluding tert-OH is 1. The van der Waals surface area contributed by atoms with Crippen molar-refractivity contribution in [3.63, 3.8) is 0 Å². The lowest BCUT2D eigenvalue weighted by Gasteiger charge is -2.27. The Bertz CT molecular complexity index is 292. The number of hydrogen-bond donors (Lipinski definition) is 2. The highest BCUT2D eigenvalue weighted by Crippen LogP contribution is 2.17. The summed E-state index contributed by atoms with van der Waals surface area (Å²) in [4.78, 5) is 6.39. The van der Waals surface area contributed by atoms with E-state index in [0.717, 1.165) is 25.8 Å². The summed E-state index contributed by atoms with van der Waals surface area (Å²) in [7, 11) is 2.09. The first-order chi connectivity index (χ1) is 8.29. The summed E-state index contributed by atoms with van der Waals surface area (Å²) in [5.74, 6) is 0.